The Morgan fingerprint density at radius 3 is 2.70 bits per heavy atom. The lowest BCUT2D eigenvalue weighted by molar-refractivity contribution is -0.112. The van der Waals surface area contributed by atoms with Gasteiger partial charge < -0.3 is 20.4 Å². The van der Waals surface area contributed by atoms with Crippen LogP contribution in [0.25, 0.3) is 0 Å². The van der Waals surface area contributed by atoms with Crippen LogP contribution in [0.15, 0.2) is 64.2 Å². The Labute approximate surface area is 158 Å². The lowest BCUT2D eigenvalue weighted by atomic mass is 10.1. The van der Waals surface area contributed by atoms with Gasteiger partial charge >= 0.3 is 0 Å². The van der Waals surface area contributed by atoms with Crippen molar-refractivity contribution in [3.8, 4) is 0 Å². The van der Waals surface area contributed by atoms with Crippen LogP contribution in [0.2, 0.25) is 0 Å². The van der Waals surface area contributed by atoms with Crippen molar-refractivity contribution in [2.45, 2.75) is 20.4 Å². The minimum Gasteiger partial charge on any atom is -0.404 e. The maximum atomic E-state index is 12.6. The molecule has 27 heavy (non-hydrogen) atoms. The van der Waals surface area contributed by atoms with Crippen molar-refractivity contribution in [3.63, 3.8) is 0 Å². The molecule has 0 bridgehead atoms. The van der Waals surface area contributed by atoms with Crippen LogP contribution in [0.3, 0.4) is 0 Å². The third-order valence-electron chi connectivity index (χ3n) is 3.98. The standard InChI is InChI=1S/C20H24N4O3/c1-14-6-4-5-7-18(14)22-15(2)17(12-21)20(26)23-16-8-9-19(25)24(13-16)10-11-27-3/h4-9,12-13H,10-11,21H2,1-3H3,(H,23,26)/b17-12+,22-15?. The Kier molecular flexibility index (Phi) is 7.08. The number of nitrogens with zero attached hydrogens (tertiary/aromatic N) is 2. The molecule has 2 aromatic rings. The molecule has 2 rings (SSSR count). The molecule has 0 fully saturated rings. The number of aliphatic imine (C=N–C) groups is 1. The predicted octanol–water partition coefficient (Wildman–Crippen LogP) is 2.38. The summed E-state index contributed by atoms with van der Waals surface area (Å²) >= 11 is 0. The minimum absolute atomic E-state index is 0.170. The van der Waals surface area contributed by atoms with Crippen molar-refractivity contribution in [3.05, 3.63) is 70.3 Å². The summed E-state index contributed by atoms with van der Waals surface area (Å²) in [4.78, 5) is 29.0. The molecule has 0 saturated carbocycles. The van der Waals surface area contributed by atoms with Crippen LogP contribution < -0.4 is 16.6 Å². The van der Waals surface area contributed by atoms with Crippen LogP contribution in [0.5, 0.6) is 0 Å². The molecule has 0 aliphatic carbocycles. The third kappa shape index (κ3) is 5.39. The van der Waals surface area contributed by atoms with Gasteiger partial charge in [-0.15, -0.1) is 0 Å². The maximum absolute atomic E-state index is 12.6. The minimum atomic E-state index is -0.399. The van der Waals surface area contributed by atoms with Gasteiger partial charge in [-0.2, -0.15) is 0 Å². The van der Waals surface area contributed by atoms with Crippen molar-refractivity contribution in [1.29, 1.82) is 0 Å². The average molecular weight is 368 g/mol. The first-order valence-corrected chi connectivity index (χ1v) is 8.50. The van der Waals surface area contributed by atoms with Crippen LogP contribution in [0, 0.1) is 6.92 Å². The molecule has 3 N–H and O–H groups in total. The summed E-state index contributed by atoms with van der Waals surface area (Å²) < 4.78 is 6.46. The molecule has 1 heterocycles. The van der Waals surface area contributed by atoms with Crippen molar-refractivity contribution in [2.24, 2.45) is 10.7 Å². The summed E-state index contributed by atoms with van der Waals surface area (Å²) in [5.41, 5.74) is 8.51. The number of benzene rings is 1. The van der Waals surface area contributed by atoms with Crippen LogP contribution in [0.4, 0.5) is 11.4 Å². The van der Waals surface area contributed by atoms with Gasteiger partial charge in [0.25, 0.3) is 11.5 Å². The highest BCUT2D eigenvalue weighted by Crippen LogP contribution is 2.19. The fourth-order valence-electron chi connectivity index (χ4n) is 2.46. The fourth-order valence-corrected chi connectivity index (χ4v) is 2.46. The van der Waals surface area contributed by atoms with Crippen LogP contribution in [0.1, 0.15) is 12.5 Å². The van der Waals surface area contributed by atoms with E-state index in [-0.39, 0.29) is 11.1 Å². The zero-order valence-electron chi connectivity index (χ0n) is 15.7. The number of nitrogens with one attached hydrogen (secondary N) is 1. The van der Waals surface area contributed by atoms with E-state index in [1.165, 1.54) is 16.8 Å². The van der Waals surface area contributed by atoms with Crippen LogP contribution in [-0.2, 0) is 16.1 Å². The molecule has 1 amide bonds. The van der Waals surface area contributed by atoms with E-state index in [2.05, 4.69) is 10.3 Å². The zero-order chi connectivity index (χ0) is 19.8. The molecule has 0 radical (unpaired) electrons. The Morgan fingerprint density at radius 2 is 2.04 bits per heavy atom. The largest absolute Gasteiger partial charge is 0.404 e. The molecule has 142 valence electrons. The maximum Gasteiger partial charge on any atom is 0.259 e. The highest BCUT2D eigenvalue weighted by Gasteiger charge is 2.14. The molecule has 0 aliphatic heterocycles. The van der Waals surface area contributed by atoms with Gasteiger partial charge in [0.1, 0.15) is 0 Å². The smallest absolute Gasteiger partial charge is 0.259 e. The molecular formula is C20H24N4O3. The molecule has 7 nitrogen and oxygen atoms in total. The van der Waals surface area contributed by atoms with E-state index in [9.17, 15) is 9.59 Å². The third-order valence-corrected chi connectivity index (χ3v) is 3.98. The number of pyridine rings is 1. The van der Waals surface area contributed by atoms with Crippen molar-refractivity contribution >= 4 is 23.0 Å². The van der Waals surface area contributed by atoms with Crippen molar-refractivity contribution in [1.82, 2.24) is 4.57 Å². The number of amides is 1. The van der Waals surface area contributed by atoms with Crippen LogP contribution in [-0.4, -0.2) is 29.9 Å². The molecule has 7 heteroatoms. The summed E-state index contributed by atoms with van der Waals surface area (Å²) in [6.07, 6.45) is 2.80. The molecule has 0 atom stereocenters. The number of hydrogen-bond acceptors (Lipinski definition) is 5. The number of ether oxygens (including phenoxy) is 1. The Morgan fingerprint density at radius 1 is 1.30 bits per heavy atom. The van der Waals surface area contributed by atoms with E-state index in [1.54, 1.807) is 26.3 Å². The SMILES string of the molecule is COCCn1cc(NC(=O)/C(=C/N)C(C)=Nc2ccccc2C)ccc1=O. The first kappa shape index (κ1) is 20.1. The van der Waals surface area contributed by atoms with E-state index >= 15 is 0 Å². The number of methoxy groups -OCH3 is 1. The zero-order valence-corrected chi connectivity index (χ0v) is 15.7. The second-order valence-electron chi connectivity index (χ2n) is 5.96. The molecule has 1 aromatic carbocycles. The normalized spacial score (nSPS) is 12.1. The summed E-state index contributed by atoms with van der Waals surface area (Å²) in [6, 6.07) is 10.6. The van der Waals surface area contributed by atoms with Crippen molar-refractivity contribution in [2.75, 3.05) is 19.0 Å². The van der Waals surface area contributed by atoms with E-state index in [0.29, 0.717) is 24.6 Å². The second-order valence-corrected chi connectivity index (χ2v) is 5.96. The number of para-hydroxylation sites is 1. The first-order chi connectivity index (χ1) is 13.0. The number of rotatable bonds is 7. The second kappa shape index (κ2) is 9.49. The van der Waals surface area contributed by atoms with E-state index in [1.807, 2.05) is 31.2 Å². The number of carbonyl (C=O) groups excluding carboxylic acids is 1. The number of aryl methyl sites for hydroxylation is 1. The Bertz CT molecular complexity index is 929. The van der Waals surface area contributed by atoms with Gasteiger partial charge in [0.2, 0.25) is 0 Å². The van der Waals surface area contributed by atoms with Crippen LogP contribution >= 0.6 is 0 Å². The summed E-state index contributed by atoms with van der Waals surface area (Å²) in [5, 5.41) is 2.75. The quantitative estimate of drug-likeness (QED) is 0.579. The van der Waals surface area contributed by atoms with E-state index in [0.717, 1.165) is 11.3 Å². The Balaban J connectivity index is 2.20. The summed E-state index contributed by atoms with van der Waals surface area (Å²) in [7, 11) is 1.56. The lowest BCUT2D eigenvalue weighted by Crippen LogP contribution is -2.24. The van der Waals surface area contributed by atoms with Gasteiger partial charge in [0.05, 0.1) is 29.3 Å². The topological polar surface area (TPSA) is 98.7 Å². The number of nitrogens with two attached hydrogens (primary N) is 1. The van der Waals surface area contributed by atoms with Gasteiger partial charge in [-0.25, -0.2) is 0 Å². The number of aromatic nitrogens is 1. The molecule has 0 saturated heterocycles. The highest BCUT2D eigenvalue weighted by atomic mass is 16.5. The van der Waals surface area contributed by atoms with Gasteiger partial charge in [-0.05, 0) is 31.5 Å². The summed E-state index contributed by atoms with van der Waals surface area (Å²) in [6.45, 7) is 4.46. The molecular weight excluding hydrogens is 344 g/mol. The fraction of sp³-hybridized carbons (Fsp3) is 0.250. The molecule has 1 aromatic heterocycles. The lowest BCUT2D eigenvalue weighted by Gasteiger charge is -2.11. The predicted molar refractivity (Wildman–Crippen MR) is 107 cm³/mol. The number of anilines is 1. The van der Waals surface area contributed by atoms with E-state index in [4.69, 9.17) is 10.5 Å². The average Bonchev–Trinajstić information content (AvgIpc) is 2.64. The van der Waals surface area contributed by atoms with Gasteiger partial charge in [0, 0.05) is 32.1 Å². The highest BCUT2D eigenvalue weighted by molar-refractivity contribution is 6.25. The van der Waals surface area contributed by atoms with Crippen molar-refractivity contribution < 1.29 is 9.53 Å². The van der Waals surface area contributed by atoms with Gasteiger partial charge in [-0.3, -0.25) is 14.6 Å². The monoisotopic (exact) mass is 368 g/mol. The van der Waals surface area contributed by atoms with E-state index < -0.39 is 5.91 Å². The van der Waals surface area contributed by atoms with Gasteiger partial charge in [0.15, 0.2) is 0 Å². The molecule has 0 unspecified atom stereocenters. The summed E-state index contributed by atoms with van der Waals surface area (Å²) in [5.74, 6) is -0.399. The van der Waals surface area contributed by atoms with Gasteiger partial charge in [-0.1, -0.05) is 18.2 Å². The first-order valence-electron chi connectivity index (χ1n) is 8.50. The number of carbonyl (C=O) groups is 1. The molecule has 0 aliphatic rings. The Hall–Kier alpha value is -3.19. The molecule has 0 spiro atoms. The number of hydrogen-bond donors (Lipinski definition) is 2.